The number of nitrogens with zero attached hydrogens (tertiary/aromatic N) is 5. The van der Waals surface area contributed by atoms with E-state index in [1.54, 1.807) is 36.4 Å². The molecule has 11 heteroatoms. The number of pyridine rings is 3. The number of carbonyl (C=O) groups is 3. The summed E-state index contributed by atoms with van der Waals surface area (Å²) in [4.78, 5) is 58.1. The fourth-order valence-electron chi connectivity index (χ4n) is 2.66. The Morgan fingerprint density at radius 2 is 0.848 bits per heavy atom. The van der Waals surface area contributed by atoms with Crippen LogP contribution in [-0.2, 0) is 0 Å². The first kappa shape index (κ1) is 21.2. The van der Waals surface area contributed by atoms with Crippen LogP contribution < -0.4 is 16.0 Å². The van der Waals surface area contributed by atoms with E-state index in [1.165, 1.54) is 43.2 Å². The summed E-state index contributed by atoms with van der Waals surface area (Å²) in [6, 6.07) is 10.7. The third-order valence-electron chi connectivity index (χ3n) is 4.21. The Morgan fingerprint density at radius 3 is 1.21 bits per heavy atom. The zero-order valence-electron chi connectivity index (χ0n) is 17.0. The number of aromatic nitrogens is 5. The third-order valence-corrected chi connectivity index (χ3v) is 4.21. The minimum absolute atomic E-state index is 0.165. The molecule has 0 radical (unpaired) electrons. The molecule has 0 bridgehead atoms. The maximum absolute atomic E-state index is 12.8. The van der Waals surface area contributed by atoms with Crippen LogP contribution in [0.1, 0.15) is 31.6 Å². The molecule has 4 heterocycles. The van der Waals surface area contributed by atoms with Crippen LogP contribution in [0.15, 0.2) is 79.6 Å². The molecule has 0 aromatic carbocycles. The van der Waals surface area contributed by atoms with Gasteiger partial charge in [-0.2, -0.15) is 0 Å². The van der Waals surface area contributed by atoms with Crippen LogP contribution in [0, 0.1) is 0 Å². The molecule has 0 aliphatic carbocycles. The van der Waals surface area contributed by atoms with Crippen molar-refractivity contribution in [2.75, 3.05) is 16.0 Å². The van der Waals surface area contributed by atoms with E-state index in [1.807, 2.05) is 0 Å². The van der Waals surface area contributed by atoms with Crippen molar-refractivity contribution < 1.29 is 14.4 Å². The van der Waals surface area contributed by atoms with Crippen LogP contribution in [0.2, 0.25) is 0 Å². The summed E-state index contributed by atoms with van der Waals surface area (Å²) in [6.07, 6.45) is 9.05. The van der Waals surface area contributed by atoms with Crippen molar-refractivity contribution in [3.05, 3.63) is 96.9 Å². The number of carbonyl (C=O) groups excluding carboxylic acids is 3. The van der Waals surface area contributed by atoms with E-state index in [-0.39, 0.29) is 17.2 Å². The molecule has 3 N–H and O–H groups in total. The Kier molecular flexibility index (Phi) is 6.31. The summed E-state index contributed by atoms with van der Waals surface area (Å²) in [6.45, 7) is 0. The molecule has 0 aliphatic heterocycles. The van der Waals surface area contributed by atoms with Crippen molar-refractivity contribution >= 4 is 34.8 Å². The van der Waals surface area contributed by atoms with E-state index in [2.05, 4.69) is 40.9 Å². The summed E-state index contributed by atoms with van der Waals surface area (Å²) < 4.78 is 0. The van der Waals surface area contributed by atoms with E-state index >= 15 is 0 Å². The van der Waals surface area contributed by atoms with Crippen LogP contribution in [0.3, 0.4) is 0 Å². The van der Waals surface area contributed by atoms with Gasteiger partial charge in [-0.25, -0.2) is 9.97 Å². The number of amides is 3. The number of hydrogen-bond donors (Lipinski definition) is 3. The van der Waals surface area contributed by atoms with Gasteiger partial charge in [-0.15, -0.1) is 0 Å². The molecule has 4 aromatic rings. The third kappa shape index (κ3) is 5.55. The highest BCUT2D eigenvalue weighted by atomic mass is 16.2. The van der Waals surface area contributed by atoms with Crippen LogP contribution in [0.25, 0.3) is 0 Å². The molecule has 162 valence electrons. The minimum Gasteiger partial charge on any atom is -0.321 e. The standard InChI is InChI=1S/C22H16N8O3/c31-20(26-14-1-7-23-8-2-14)17-13-18(21(32)27-15-3-9-24-10-4-15)30-19(29-17)22(33)28-16-5-11-25-12-6-16/h1-13H,(H,23,26,31)(H,24,27,32)(H,25,28,33). The lowest BCUT2D eigenvalue weighted by atomic mass is 10.2. The SMILES string of the molecule is O=C(Nc1ccncc1)c1cc(C(=O)Nc2ccncc2)nc(C(=O)Nc2ccncc2)n1. The lowest BCUT2D eigenvalue weighted by molar-refractivity contribution is 0.101. The van der Waals surface area contributed by atoms with Gasteiger partial charge in [0.25, 0.3) is 17.7 Å². The van der Waals surface area contributed by atoms with Crippen molar-refractivity contribution in [1.82, 2.24) is 24.9 Å². The lowest BCUT2D eigenvalue weighted by Gasteiger charge is -2.10. The van der Waals surface area contributed by atoms with Crippen molar-refractivity contribution in [2.24, 2.45) is 0 Å². The highest BCUT2D eigenvalue weighted by molar-refractivity contribution is 6.09. The second-order valence-electron chi connectivity index (χ2n) is 6.53. The number of nitrogens with one attached hydrogen (secondary N) is 3. The summed E-state index contributed by atoms with van der Waals surface area (Å²) in [5, 5.41) is 7.89. The zero-order chi connectivity index (χ0) is 23.0. The average molecular weight is 440 g/mol. The molecular formula is C22H16N8O3. The molecule has 33 heavy (non-hydrogen) atoms. The second-order valence-corrected chi connectivity index (χ2v) is 6.53. The largest absolute Gasteiger partial charge is 0.321 e. The molecule has 0 atom stereocenters. The van der Waals surface area contributed by atoms with Gasteiger partial charge in [0, 0.05) is 60.3 Å². The Bertz CT molecular complexity index is 1110. The quantitative estimate of drug-likeness (QED) is 0.413. The van der Waals surface area contributed by atoms with E-state index in [9.17, 15) is 14.4 Å². The topological polar surface area (TPSA) is 152 Å². The minimum atomic E-state index is -0.697. The highest BCUT2D eigenvalue weighted by Gasteiger charge is 2.20. The van der Waals surface area contributed by atoms with Gasteiger partial charge in [-0.1, -0.05) is 0 Å². The summed E-state index contributed by atoms with van der Waals surface area (Å²) in [5.41, 5.74) is 1.06. The van der Waals surface area contributed by atoms with Crippen LogP contribution in [-0.4, -0.2) is 42.6 Å². The van der Waals surface area contributed by atoms with Crippen molar-refractivity contribution in [1.29, 1.82) is 0 Å². The first-order valence-corrected chi connectivity index (χ1v) is 9.62. The lowest BCUT2D eigenvalue weighted by Crippen LogP contribution is -2.24. The smallest absolute Gasteiger partial charge is 0.293 e. The van der Waals surface area contributed by atoms with Crippen LogP contribution in [0.5, 0.6) is 0 Å². The molecule has 0 saturated carbocycles. The Labute approximate surface area is 187 Å². The summed E-state index contributed by atoms with van der Waals surface area (Å²) in [5.74, 6) is -2.30. The predicted octanol–water partition coefficient (Wildman–Crippen LogP) is 2.42. The molecule has 0 unspecified atom stereocenters. The van der Waals surface area contributed by atoms with Gasteiger partial charge in [0.2, 0.25) is 5.82 Å². The zero-order valence-corrected chi connectivity index (χ0v) is 17.0. The van der Waals surface area contributed by atoms with Gasteiger partial charge in [0.15, 0.2) is 0 Å². The molecule has 0 spiro atoms. The van der Waals surface area contributed by atoms with E-state index in [4.69, 9.17) is 0 Å². The molecule has 4 rings (SSSR count). The van der Waals surface area contributed by atoms with Crippen LogP contribution >= 0.6 is 0 Å². The van der Waals surface area contributed by atoms with Gasteiger partial charge in [0.05, 0.1) is 0 Å². The fourth-order valence-corrected chi connectivity index (χ4v) is 2.66. The Hall–Kier alpha value is -5.06. The molecule has 0 fully saturated rings. The van der Waals surface area contributed by atoms with Gasteiger partial charge in [-0.05, 0) is 36.4 Å². The predicted molar refractivity (Wildman–Crippen MR) is 119 cm³/mol. The monoisotopic (exact) mass is 440 g/mol. The molecule has 3 amide bonds. The Balaban J connectivity index is 1.65. The van der Waals surface area contributed by atoms with Crippen molar-refractivity contribution in [3.63, 3.8) is 0 Å². The molecule has 11 nitrogen and oxygen atoms in total. The second kappa shape index (κ2) is 9.83. The van der Waals surface area contributed by atoms with Gasteiger partial charge in [0.1, 0.15) is 11.4 Å². The molecule has 0 aliphatic rings. The Morgan fingerprint density at radius 1 is 0.515 bits per heavy atom. The highest BCUT2D eigenvalue weighted by Crippen LogP contribution is 2.12. The van der Waals surface area contributed by atoms with Crippen molar-refractivity contribution in [3.8, 4) is 0 Å². The van der Waals surface area contributed by atoms with Gasteiger partial charge >= 0.3 is 0 Å². The number of rotatable bonds is 6. The van der Waals surface area contributed by atoms with E-state index in [0.29, 0.717) is 17.1 Å². The van der Waals surface area contributed by atoms with Gasteiger partial charge in [-0.3, -0.25) is 29.3 Å². The molecular weight excluding hydrogens is 424 g/mol. The summed E-state index contributed by atoms with van der Waals surface area (Å²) >= 11 is 0. The summed E-state index contributed by atoms with van der Waals surface area (Å²) in [7, 11) is 0. The molecule has 4 aromatic heterocycles. The van der Waals surface area contributed by atoms with E-state index in [0.717, 1.165) is 0 Å². The van der Waals surface area contributed by atoms with Gasteiger partial charge < -0.3 is 16.0 Å². The average Bonchev–Trinajstić information content (AvgIpc) is 2.85. The first-order chi connectivity index (χ1) is 16.1. The fraction of sp³-hybridized carbons (Fsp3) is 0. The number of anilines is 3. The number of hydrogen-bond acceptors (Lipinski definition) is 8. The normalized spacial score (nSPS) is 10.2. The maximum atomic E-state index is 12.8. The molecule has 0 saturated heterocycles. The van der Waals surface area contributed by atoms with Crippen molar-refractivity contribution in [2.45, 2.75) is 0 Å². The maximum Gasteiger partial charge on any atom is 0.293 e. The van der Waals surface area contributed by atoms with Crippen LogP contribution in [0.4, 0.5) is 17.1 Å². The van der Waals surface area contributed by atoms with E-state index < -0.39 is 17.7 Å². The first-order valence-electron chi connectivity index (χ1n) is 9.62.